The summed E-state index contributed by atoms with van der Waals surface area (Å²) >= 11 is 0. The Balaban J connectivity index is 1.43. The number of imidazole rings is 1. The van der Waals surface area contributed by atoms with Crippen molar-refractivity contribution in [3.8, 4) is 0 Å². The maximum atomic E-state index is 13.8. The molecule has 7 nitrogen and oxygen atoms in total. The molecule has 0 aromatic carbocycles. The van der Waals surface area contributed by atoms with Crippen LogP contribution >= 0.6 is 0 Å². The Morgan fingerprint density at radius 3 is 2.87 bits per heavy atom. The quantitative estimate of drug-likeness (QED) is 0.612. The highest BCUT2D eigenvalue weighted by Crippen LogP contribution is 2.50. The predicted molar refractivity (Wildman–Crippen MR) is 116 cm³/mol. The number of amides is 1. The first-order valence-electron chi connectivity index (χ1n) is 11.0. The van der Waals surface area contributed by atoms with Gasteiger partial charge in [0.1, 0.15) is 5.76 Å². The van der Waals surface area contributed by atoms with Crippen molar-refractivity contribution in [2.75, 3.05) is 19.6 Å². The van der Waals surface area contributed by atoms with Gasteiger partial charge in [-0.1, -0.05) is 6.07 Å². The molecular weight excluding hydrogens is 390 g/mol. The summed E-state index contributed by atoms with van der Waals surface area (Å²) in [4.78, 5) is 27.1. The van der Waals surface area contributed by atoms with Gasteiger partial charge < -0.3 is 13.9 Å². The summed E-state index contributed by atoms with van der Waals surface area (Å²) in [5.74, 6) is 1.25. The average Bonchev–Trinajstić information content (AvgIpc) is 3.55. The standard InChI is InChI=1S/C24H29N5O2/c1-18(2)29-15-22(26-17-29)21-14-27(13-20-6-4-10-31-20)16-24(21)7-9-28(23(24)30)12-19-5-3-8-25-11-19/h3-6,8,10-11,15,17-18,21H,7,9,12-14,16H2,1-2H3/t21-,24-/m1/s1. The molecule has 3 aromatic heterocycles. The van der Waals surface area contributed by atoms with E-state index in [4.69, 9.17) is 9.40 Å². The Hall–Kier alpha value is -2.93. The maximum Gasteiger partial charge on any atom is 0.231 e. The lowest BCUT2D eigenvalue weighted by Crippen LogP contribution is -2.39. The molecule has 1 spiro atoms. The first kappa shape index (κ1) is 20.0. The number of hydrogen-bond donors (Lipinski definition) is 0. The Morgan fingerprint density at radius 1 is 1.26 bits per heavy atom. The number of likely N-dealkylation sites (tertiary alicyclic amines) is 2. The van der Waals surface area contributed by atoms with Crippen LogP contribution in [0.2, 0.25) is 0 Å². The highest BCUT2D eigenvalue weighted by Gasteiger charge is 2.57. The SMILES string of the molecule is CC(C)n1cnc([C@H]2CN(Cc3ccco3)C[C@]23CCN(Cc2cccnc2)C3=O)c1. The summed E-state index contributed by atoms with van der Waals surface area (Å²) in [5, 5.41) is 0. The van der Waals surface area contributed by atoms with Crippen molar-refractivity contribution in [2.45, 2.75) is 45.3 Å². The lowest BCUT2D eigenvalue weighted by atomic mass is 9.75. The number of nitrogens with zero attached hydrogens (tertiary/aromatic N) is 5. The van der Waals surface area contributed by atoms with Gasteiger partial charge >= 0.3 is 0 Å². The predicted octanol–water partition coefficient (Wildman–Crippen LogP) is 3.47. The van der Waals surface area contributed by atoms with Gasteiger partial charge in [0.2, 0.25) is 5.91 Å². The van der Waals surface area contributed by atoms with Gasteiger partial charge in [-0.05, 0) is 44.0 Å². The summed E-state index contributed by atoms with van der Waals surface area (Å²) in [6.45, 7) is 7.93. The molecule has 2 saturated heterocycles. The largest absolute Gasteiger partial charge is 0.468 e. The van der Waals surface area contributed by atoms with E-state index in [1.807, 2.05) is 41.7 Å². The highest BCUT2D eigenvalue weighted by molar-refractivity contribution is 5.86. The van der Waals surface area contributed by atoms with E-state index in [0.717, 1.165) is 43.1 Å². The minimum atomic E-state index is -0.440. The van der Waals surface area contributed by atoms with E-state index in [0.29, 0.717) is 19.1 Å². The fraction of sp³-hybridized carbons (Fsp3) is 0.458. The van der Waals surface area contributed by atoms with Crippen molar-refractivity contribution >= 4 is 5.91 Å². The topological polar surface area (TPSA) is 67.4 Å². The minimum Gasteiger partial charge on any atom is -0.468 e. The van der Waals surface area contributed by atoms with E-state index in [1.54, 1.807) is 12.5 Å². The molecule has 2 atom stereocenters. The first-order valence-corrected chi connectivity index (χ1v) is 11.0. The molecule has 0 N–H and O–H groups in total. The zero-order chi connectivity index (χ0) is 21.4. The Labute approximate surface area is 182 Å². The van der Waals surface area contributed by atoms with Gasteiger partial charge in [-0.15, -0.1) is 0 Å². The van der Waals surface area contributed by atoms with E-state index in [2.05, 4.69) is 34.5 Å². The second-order valence-corrected chi connectivity index (χ2v) is 9.14. The Kier molecular flexibility index (Phi) is 5.14. The fourth-order valence-electron chi connectivity index (χ4n) is 5.13. The lowest BCUT2D eigenvalue weighted by Gasteiger charge is -2.28. The zero-order valence-electron chi connectivity index (χ0n) is 18.1. The highest BCUT2D eigenvalue weighted by atomic mass is 16.3. The average molecular weight is 420 g/mol. The van der Waals surface area contributed by atoms with Crippen LogP contribution in [0.1, 0.15) is 49.2 Å². The molecule has 0 aliphatic carbocycles. The molecule has 5 rings (SSSR count). The Bertz CT molecular complexity index is 1030. The third-order valence-corrected chi connectivity index (χ3v) is 6.79. The van der Waals surface area contributed by atoms with Crippen LogP contribution in [0.5, 0.6) is 0 Å². The molecule has 2 aliphatic rings. The molecule has 0 bridgehead atoms. The fourth-order valence-corrected chi connectivity index (χ4v) is 5.13. The molecule has 31 heavy (non-hydrogen) atoms. The van der Waals surface area contributed by atoms with Crippen LogP contribution in [0.4, 0.5) is 0 Å². The van der Waals surface area contributed by atoms with Crippen molar-refractivity contribution < 1.29 is 9.21 Å². The third-order valence-electron chi connectivity index (χ3n) is 6.79. The number of hydrogen-bond acceptors (Lipinski definition) is 5. The van der Waals surface area contributed by atoms with Crippen molar-refractivity contribution in [1.29, 1.82) is 0 Å². The molecule has 162 valence electrons. The van der Waals surface area contributed by atoms with Crippen molar-refractivity contribution in [3.05, 3.63) is 72.5 Å². The van der Waals surface area contributed by atoms with Gasteiger partial charge in [-0.2, -0.15) is 0 Å². The van der Waals surface area contributed by atoms with E-state index >= 15 is 0 Å². The first-order chi connectivity index (χ1) is 15.0. The molecule has 2 aliphatic heterocycles. The van der Waals surface area contributed by atoms with E-state index in [9.17, 15) is 4.79 Å². The maximum absolute atomic E-state index is 13.8. The second-order valence-electron chi connectivity index (χ2n) is 9.14. The van der Waals surface area contributed by atoms with Crippen LogP contribution in [0, 0.1) is 5.41 Å². The molecule has 2 fully saturated rings. The summed E-state index contributed by atoms with van der Waals surface area (Å²) in [6.07, 6.45) is 10.2. The van der Waals surface area contributed by atoms with Crippen LogP contribution in [0.15, 0.2) is 59.9 Å². The van der Waals surface area contributed by atoms with Crippen LogP contribution in [-0.4, -0.2) is 49.9 Å². The van der Waals surface area contributed by atoms with E-state index in [-0.39, 0.29) is 11.8 Å². The molecule has 0 radical (unpaired) electrons. The van der Waals surface area contributed by atoms with E-state index in [1.165, 1.54) is 0 Å². The second kappa shape index (κ2) is 7.96. The van der Waals surface area contributed by atoms with Crippen LogP contribution < -0.4 is 0 Å². The van der Waals surface area contributed by atoms with Gasteiger partial charge in [0.05, 0.1) is 30.2 Å². The molecule has 1 amide bonds. The molecule has 0 unspecified atom stereocenters. The monoisotopic (exact) mass is 419 g/mol. The lowest BCUT2D eigenvalue weighted by molar-refractivity contribution is -0.136. The number of carbonyl (C=O) groups excluding carboxylic acids is 1. The molecule has 5 heterocycles. The minimum absolute atomic E-state index is 0.0776. The third kappa shape index (κ3) is 3.67. The molecule has 3 aromatic rings. The van der Waals surface area contributed by atoms with Gasteiger partial charge in [0.15, 0.2) is 0 Å². The van der Waals surface area contributed by atoms with E-state index < -0.39 is 5.41 Å². The van der Waals surface area contributed by atoms with Crippen molar-refractivity contribution in [3.63, 3.8) is 0 Å². The van der Waals surface area contributed by atoms with Crippen molar-refractivity contribution in [1.82, 2.24) is 24.3 Å². The summed E-state index contributed by atoms with van der Waals surface area (Å²) < 4.78 is 7.72. The van der Waals surface area contributed by atoms with Gasteiger partial charge in [0, 0.05) is 56.7 Å². The number of aromatic nitrogens is 3. The summed E-state index contributed by atoms with van der Waals surface area (Å²) in [6, 6.07) is 8.22. The van der Waals surface area contributed by atoms with Crippen LogP contribution in [0.3, 0.4) is 0 Å². The number of carbonyl (C=O) groups is 1. The summed E-state index contributed by atoms with van der Waals surface area (Å²) in [7, 11) is 0. The van der Waals surface area contributed by atoms with Gasteiger partial charge in [-0.25, -0.2) is 4.98 Å². The van der Waals surface area contributed by atoms with Crippen LogP contribution in [0.25, 0.3) is 0 Å². The molecule has 0 saturated carbocycles. The van der Waals surface area contributed by atoms with Crippen molar-refractivity contribution in [2.24, 2.45) is 5.41 Å². The molecule has 7 heteroatoms. The molecular formula is C24H29N5O2. The Morgan fingerprint density at radius 2 is 2.16 bits per heavy atom. The summed E-state index contributed by atoms with van der Waals surface area (Å²) in [5.41, 5.74) is 1.65. The van der Waals surface area contributed by atoms with Crippen LogP contribution in [-0.2, 0) is 17.9 Å². The number of rotatable bonds is 6. The number of furan rings is 1. The van der Waals surface area contributed by atoms with Gasteiger partial charge in [0.25, 0.3) is 0 Å². The zero-order valence-corrected chi connectivity index (χ0v) is 18.1. The normalized spacial score (nSPS) is 24.2. The number of pyridine rings is 1. The van der Waals surface area contributed by atoms with Gasteiger partial charge in [-0.3, -0.25) is 14.7 Å². The smallest absolute Gasteiger partial charge is 0.231 e.